The summed E-state index contributed by atoms with van der Waals surface area (Å²) in [6.45, 7) is 3.45. The summed E-state index contributed by atoms with van der Waals surface area (Å²) in [4.78, 5) is 3.70. The highest BCUT2D eigenvalue weighted by Gasteiger charge is 1.79. The molecule has 0 fully saturated rings. The van der Waals surface area contributed by atoms with E-state index in [1.165, 1.54) is 0 Å². The molecule has 0 N–H and O–H groups in total. The molecule has 40 valence electrons. The molecule has 2 nitrogen and oxygen atoms in total. The van der Waals surface area contributed by atoms with Crippen molar-refractivity contribution >= 4 is 5.90 Å². The van der Waals surface area contributed by atoms with Crippen LogP contribution in [0.3, 0.4) is 0 Å². The van der Waals surface area contributed by atoms with Crippen LogP contribution in [0.5, 0.6) is 0 Å². The first kappa shape index (κ1) is 6.21. The van der Waals surface area contributed by atoms with Crippen molar-refractivity contribution in [1.82, 2.24) is 0 Å². The summed E-state index contributed by atoms with van der Waals surface area (Å²) in [5, 5.41) is 0. The van der Waals surface area contributed by atoms with Crippen LogP contribution in [0.25, 0.3) is 0 Å². The summed E-state index contributed by atoms with van der Waals surface area (Å²) in [6, 6.07) is 0. The maximum Gasteiger partial charge on any atom is 0.207 e. The van der Waals surface area contributed by atoms with Crippen molar-refractivity contribution in [3.05, 3.63) is 12.7 Å². The van der Waals surface area contributed by atoms with Crippen LogP contribution in [-0.4, -0.2) is 20.1 Å². The summed E-state index contributed by atoms with van der Waals surface area (Å²) in [6.07, 6.45) is 1.56. The molecule has 0 atom stereocenters. The van der Waals surface area contributed by atoms with Crippen LogP contribution in [0, 0.1) is 0 Å². The third-order valence-electron chi connectivity index (χ3n) is 0.604. The first-order valence-electron chi connectivity index (χ1n) is 1.98. The molecular formula is C5H9NO. The Labute approximate surface area is 43.5 Å². The lowest BCUT2D eigenvalue weighted by Crippen LogP contribution is -1.93. The van der Waals surface area contributed by atoms with Crippen molar-refractivity contribution in [3.8, 4) is 0 Å². The fourth-order valence-corrected chi connectivity index (χ4v) is 0.266. The van der Waals surface area contributed by atoms with E-state index in [0.717, 1.165) is 0 Å². The van der Waals surface area contributed by atoms with Gasteiger partial charge in [0, 0.05) is 7.05 Å². The normalized spacial score (nSPS) is 10.9. The number of aliphatic imine (C=N–C) groups is 1. The smallest absolute Gasteiger partial charge is 0.207 e. The molecule has 0 aliphatic heterocycles. The average Bonchev–Trinajstić information content (AvgIpc) is 1.72. The van der Waals surface area contributed by atoms with Gasteiger partial charge in [0.15, 0.2) is 0 Å². The van der Waals surface area contributed by atoms with Gasteiger partial charge in [-0.25, -0.2) is 0 Å². The van der Waals surface area contributed by atoms with Gasteiger partial charge in [0.05, 0.1) is 7.11 Å². The largest absolute Gasteiger partial charge is 0.481 e. The number of hydrogen-bond acceptors (Lipinski definition) is 2. The lowest BCUT2D eigenvalue weighted by atomic mass is 10.6. The Balaban J connectivity index is 3.60. The Morgan fingerprint density at radius 2 is 2.43 bits per heavy atom. The van der Waals surface area contributed by atoms with Gasteiger partial charge < -0.3 is 4.74 Å². The molecule has 0 amide bonds. The predicted octanol–water partition coefficient (Wildman–Crippen LogP) is 0.847. The molecule has 0 heterocycles. The highest BCUT2D eigenvalue weighted by molar-refractivity contribution is 5.86. The van der Waals surface area contributed by atoms with Crippen molar-refractivity contribution in [1.29, 1.82) is 0 Å². The van der Waals surface area contributed by atoms with E-state index in [2.05, 4.69) is 16.3 Å². The standard InChI is InChI=1S/C5H9NO/c1-4-5(6-2)7-3/h4H,1H2,2-3H3/b6-5+. The average molecular weight is 99.1 g/mol. The summed E-state index contributed by atoms with van der Waals surface area (Å²) in [5.74, 6) is 0.569. The molecule has 0 bridgehead atoms. The van der Waals surface area contributed by atoms with Crippen molar-refractivity contribution < 1.29 is 4.74 Å². The Morgan fingerprint density at radius 3 is 2.43 bits per heavy atom. The number of nitrogens with zero attached hydrogens (tertiary/aromatic N) is 1. The first-order chi connectivity index (χ1) is 3.35. The molecule has 2 heteroatoms. The molecule has 0 saturated heterocycles. The summed E-state index contributed by atoms with van der Waals surface area (Å²) >= 11 is 0. The summed E-state index contributed by atoms with van der Waals surface area (Å²) in [5.41, 5.74) is 0. The van der Waals surface area contributed by atoms with Crippen LogP contribution >= 0.6 is 0 Å². The first-order valence-corrected chi connectivity index (χ1v) is 1.98. The van der Waals surface area contributed by atoms with Gasteiger partial charge in [0.1, 0.15) is 0 Å². The number of hydrogen-bond donors (Lipinski definition) is 0. The molecule has 0 aliphatic rings. The van der Waals surface area contributed by atoms with Crippen LogP contribution < -0.4 is 0 Å². The minimum atomic E-state index is 0.569. The second kappa shape index (κ2) is 3.40. The van der Waals surface area contributed by atoms with Crippen molar-refractivity contribution in [2.45, 2.75) is 0 Å². The van der Waals surface area contributed by atoms with Gasteiger partial charge in [-0.3, -0.25) is 4.99 Å². The molecule has 0 radical (unpaired) electrons. The maximum absolute atomic E-state index is 4.68. The highest BCUT2D eigenvalue weighted by Crippen LogP contribution is 1.75. The van der Waals surface area contributed by atoms with Gasteiger partial charge in [-0.1, -0.05) is 6.58 Å². The van der Waals surface area contributed by atoms with E-state index in [0.29, 0.717) is 5.90 Å². The molecular weight excluding hydrogens is 90.1 g/mol. The van der Waals surface area contributed by atoms with E-state index in [-0.39, 0.29) is 0 Å². The molecule has 0 unspecified atom stereocenters. The van der Waals surface area contributed by atoms with Crippen molar-refractivity contribution in [3.63, 3.8) is 0 Å². The van der Waals surface area contributed by atoms with Crippen molar-refractivity contribution in [2.24, 2.45) is 4.99 Å². The summed E-state index contributed by atoms with van der Waals surface area (Å²) in [7, 11) is 3.21. The molecule has 0 aromatic rings. The van der Waals surface area contributed by atoms with Gasteiger partial charge in [-0.05, 0) is 6.08 Å². The summed E-state index contributed by atoms with van der Waals surface area (Å²) < 4.78 is 4.68. The lowest BCUT2D eigenvalue weighted by molar-refractivity contribution is 0.406. The third kappa shape index (κ3) is 1.98. The van der Waals surface area contributed by atoms with Crippen LogP contribution in [0.1, 0.15) is 0 Å². The van der Waals surface area contributed by atoms with Gasteiger partial charge in [0.25, 0.3) is 0 Å². The topological polar surface area (TPSA) is 21.6 Å². The Hall–Kier alpha value is -0.790. The van der Waals surface area contributed by atoms with Crippen LogP contribution in [0.15, 0.2) is 17.6 Å². The van der Waals surface area contributed by atoms with Crippen LogP contribution in [-0.2, 0) is 4.74 Å². The Morgan fingerprint density at radius 1 is 1.86 bits per heavy atom. The molecule has 0 aromatic heterocycles. The molecule has 0 aliphatic carbocycles. The van der Waals surface area contributed by atoms with E-state index < -0.39 is 0 Å². The van der Waals surface area contributed by atoms with Gasteiger partial charge >= 0.3 is 0 Å². The van der Waals surface area contributed by atoms with E-state index >= 15 is 0 Å². The molecule has 0 saturated carbocycles. The Kier molecular flexibility index (Phi) is 3.02. The second-order valence-electron chi connectivity index (χ2n) is 0.970. The monoisotopic (exact) mass is 99.1 g/mol. The second-order valence-corrected chi connectivity index (χ2v) is 0.970. The van der Waals surface area contributed by atoms with E-state index in [1.807, 2.05) is 0 Å². The van der Waals surface area contributed by atoms with Crippen molar-refractivity contribution in [2.75, 3.05) is 14.2 Å². The fraction of sp³-hybridized carbons (Fsp3) is 0.400. The number of rotatable bonds is 1. The zero-order valence-electron chi connectivity index (χ0n) is 4.64. The minimum absolute atomic E-state index is 0.569. The zero-order chi connectivity index (χ0) is 5.70. The van der Waals surface area contributed by atoms with Gasteiger partial charge in [0.2, 0.25) is 5.90 Å². The SMILES string of the molecule is C=C/C(=N\C)OC. The van der Waals surface area contributed by atoms with E-state index in [9.17, 15) is 0 Å². The molecule has 0 rings (SSSR count). The Bertz CT molecular complexity index is 86.1. The highest BCUT2D eigenvalue weighted by atomic mass is 16.5. The van der Waals surface area contributed by atoms with Gasteiger partial charge in [-0.2, -0.15) is 0 Å². The van der Waals surface area contributed by atoms with Crippen LogP contribution in [0.4, 0.5) is 0 Å². The predicted molar refractivity (Wildman–Crippen MR) is 30.6 cm³/mol. The minimum Gasteiger partial charge on any atom is -0.481 e. The van der Waals surface area contributed by atoms with Gasteiger partial charge in [-0.15, -0.1) is 0 Å². The zero-order valence-corrected chi connectivity index (χ0v) is 4.64. The fourth-order valence-electron chi connectivity index (χ4n) is 0.266. The third-order valence-corrected chi connectivity index (χ3v) is 0.604. The lowest BCUT2D eigenvalue weighted by Gasteiger charge is -1.91. The van der Waals surface area contributed by atoms with E-state index in [1.54, 1.807) is 20.2 Å². The van der Waals surface area contributed by atoms with Crippen LogP contribution in [0.2, 0.25) is 0 Å². The molecule has 0 spiro atoms. The number of ether oxygens (including phenoxy) is 1. The van der Waals surface area contributed by atoms with E-state index in [4.69, 9.17) is 0 Å². The number of methoxy groups -OCH3 is 1. The molecule has 0 aromatic carbocycles. The molecule has 7 heavy (non-hydrogen) atoms. The maximum atomic E-state index is 4.68. The quantitative estimate of drug-likeness (QED) is 0.352.